The number of benzene rings is 1. The number of aromatic nitrogens is 2. The summed E-state index contributed by atoms with van der Waals surface area (Å²) in [4.78, 5) is 26.1. The molecule has 2 aromatic rings. The zero-order chi connectivity index (χ0) is 20.9. The minimum atomic E-state index is -0.378. The average Bonchev–Trinajstić information content (AvgIpc) is 3.20. The van der Waals surface area contributed by atoms with Gasteiger partial charge in [0.15, 0.2) is 0 Å². The molecule has 1 aromatic heterocycles. The Bertz CT molecular complexity index is 1260. The number of hydrogen-bond acceptors (Lipinski definition) is 7. The maximum atomic E-state index is 12.5. The first kappa shape index (κ1) is 19.2. The van der Waals surface area contributed by atoms with Crippen LogP contribution in [0, 0.1) is 11.8 Å². The molecule has 4 rings (SSSR count). The topological polar surface area (TPSA) is 108 Å². The Hall–Kier alpha value is -4.15. The molecule has 0 radical (unpaired) electrons. The van der Waals surface area contributed by atoms with Gasteiger partial charge in [-0.15, -0.1) is 4.90 Å². The van der Waals surface area contributed by atoms with E-state index in [1.807, 2.05) is 18.4 Å². The summed E-state index contributed by atoms with van der Waals surface area (Å²) < 4.78 is 9.41. The van der Waals surface area contributed by atoms with Crippen LogP contribution >= 0.6 is 11.8 Å². The summed E-state index contributed by atoms with van der Waals surface area (Å²) in [6, 6.07) is 7.16. The van der Waals surface area contributed by atoms with Crippen LogP contribution in [-0.2, 0) is 0 Å². The fraction of sp³-hybridized carbons (Fsp3) is 0.100. The van der Waals surface area contributed by atoms with Crippen molar-refractivity contribution in [1.29, 1.82) is 0 Å². The van der Waals surface area contributed by atoms with E-state index in [-0.39, 0.29) is 17.4 Å². The number of carbonyl (C=O) groups is 1. The number of nitrogens with one attached hydrogen (secondary N) is 1. The monoisotopic (exact) mass is 417 g/mol. The van der Waals surface area contributed by atoms with Gasteiger partial charge in [0.2, 0.25) is 5.88 Å². The number of thioether (sulfide) groups is 1. The van der Waals surface area contributed by atoms with Crippen molar-refractivity contribution >= 4 is 40.6 Å². The first-order valence-corrected chi connectivity index (χ1v) is 9.92. The van der Waals surface area contributed by atoms with Crippen LogP contribution in [-0.4, -0.2) is 56.1 Å². The lowest BCUT2D eigenvalue weighted by molar-refractivity contribution is -0.0718. The molecule has 0 spiro atoms. The van der Waals surface area contributed by atoms with Crippen LogP contribution in [0.2, 0.25) is 0 Å². The minimum absolute atomic E-state index is 0.204. The fourth-order valence-corrected chi connectivity index (χ4v) is 2.99. The molecule has 0 aliphatic carbocycles. The summed E-state index contributed by atoms with van der Waals surface area (Å²) in [5, 5.41) is 7.78. The van der Waals surface area contributed by atoms with Crippen LogP contribution in [0.1, 0.15) is 15.9 Å². The quantitative estimate of drug-likeness (QED) is 0.593. The molecule has 1 amide bonds. The molecule has 0 atom stereocenters. The maximum absolute atomic E-state index is 12.5. The van der Waals surface area contributed by atoms with E-state index < -0.39 is 0 Å². The minimum Gasteiger partial charge on any atom is -0.480 e. The maximum Gasteiger partial charge on any atom is 0.469 e. The number of hydrogen-bond donors (Lipinski definition) is 1. The standard InChI is InChI=1S/C20H14N7O2S/c1-29-20-15(10-21-11-22-20)19(28)24-14-5-3-4-13(8-14)6-7-16-25-26-17-9-18(30-2)23-12-27(16)17/h3-5,8-12H,1-2H3/q+1/p+1. The number of ether oxygens (including phenoxy) is 1. The van der Waals surface area contributed by atoms with Gasteiger partial charge in [0.25, 0.3) is 16.8 Å². The lowest BCUT2D eigenvalue weighted by Gasteiger charge is -2.07. The molecule has 1 N–H and O–H groups in total. The Morgan fingerprint density at radius 1 is 1.33 bits per heavy atom. The van der Waals surface area contributed by atoms with E-state index in [9.17, 15) is 4.79 Å². The van der Waals surface area contributed by atoms with Crippen molar-refractivity contribution < 1.29 is 14.3 Å². The summed E-state index contributed by atoms with van der Waals surface area (Å²) in [5.41, 5.74) is 1.52. The number of anilines is 1. The van der Waals surface area contributed by atoms with E-state index in [0.717, 1.165) is 5.04 Å². The lowest BCUT2D eigenvalue weighted by Crippen LogP contribution is -2.28. The summed E-state index contributed by atoms with van der Waals surface area (Å²) in [5.74, 6) is 7.01. The van der Waals surface area contributed by atoms with Crippen molar-refractivity contribution in [2.45, 2.75) is 0 Å². The van der Waals surface area contributed by atoms with E-state index in [1.165, 1.54) is 31.4 Å². The predicted octanol–water partition coefficient (Wildman–Crippen LogP) is 1.18. The van der Waals surface area contributed by atoms with E-state index in [4.69, 9.17) is 4.74 Å². The van der Waals surface area contributed by atoms with Gasteiger partial charge >= 0.3 is 12.2 Å². The second-order valence-electron chi connectivity index (χ2n) is 5.91. The number of nitrogens with zero attached hydrogens (tertiary/aromatic N) is 6. The van der Waals surface area contributed by atoms with E-state index in [2.05, 4.69) is 41.7 Å². The first-order chi connectivity index (χ1) is 14.7. The number of amides is 1. The molecule has 30 heavy (non-hydrogen) atoms. The predicted molar refractivity (Wildman–Crippen MR) is 114 cm³/mol. The number of rotatable bonds is 3. The number of amidine groups is 1. The molecule has 146 valence electrons. The van der Waals surface area contributed by atoms with E-state index >= 15 is 0 Å². The number of methoxy groups -OCH3 is 1. The highest BCUT2D eigenvalue weighted by atomic mass is 32.2. The lowest BCUT2D eigenvalue weighted by atomic mass is 10.2. The molecule has 0 saturated heterocycles. The van der Waals surface area contributed by atoms with Gasteiger partial charge in [0.1, 0.15) is 11.9 Å². The van der Waals surface area contributed by atoms with Crippen LogP contribution < -0.4 is 14.7 Å². The summed E-state index contributed by atoms with van der Waals surface area (Å²) in [6.07, 6.45) is 8.16. The van der Waals surface area contributed by atoms with Crippen molar-refractivity contribution in [2.24, 2.45) is 5.11 Å². The molecule has 2 aliphatic heterocycles. The summed E-state index contributed by atoms with van der Waals surface area (Å²) >= 11 is 1.53. The molecular formula is C20H15N7O2S+2. The van der Waals surface area contributed by atoms with Crippen LogP contribution in [0.3, 0.4) is 0 Å². The first-order valence-electron chi connectivity index (χ1n) is 8.70. The third-order valence-corrected chi connectivity index (χ3v) is 4.68. The van der Waals surface area contributed by atoms with E-state index in [1.54, 1.807) is 29.4 Å². The molecule has 10 heteroatoms. The van der Waals surface area contributed by atoms with Crippen molar-refractivity contribution in [3.63, 3.8) is 0 Å². The molecule has 0 saturated carbocycles. The Balaban J connectivity index is 1.51. The second-order valence-corrected chi connectivity index (χ2v) is 6.74. The third kappa shape index (κ3) is 3.99. The highest BCUT2D eigenvalue weighted by Crippen LogP contribution is 2.17. The van der Waals surface area contributed by atoms with E-state index in [0.29, 0.717) is 22.9 Å². The molecular weight excluding hydrogens is 402 g/mol. The van der Waals surface area contributed by atoms with Gasteiger partial charge in [-0.2, -0.15) is 0 Å². The molecule has 3 heterocycles. The van der Waals surface area contributed by atoms with Crippen LogP contribution in [0.5, 0.6) is 5.88 Å². The molecule has 0 unspecified atom stereocenters. The van der Waals surface area contributed by atoms with Gasteiger partial charge in [-0.05, 0) is 24.5 Å². The Morgan fingerprint density at radius 3 is 3.07 bits per heavy atom. The Kier molecular flexibility index (Phi) is 5.42. The van der Waals surface area contributed by atoms with Crippen molar-refractivity contribution in [2.75, 3.05) is 18.7 Å². The SMILES string of the molecule is COc1ncncc1C(=O)Nc1cccc(C#CC2=[N+]=NC3=CC(SC)=[N+]=CN32)c1. The zero-order valence-electron chi connectivity index (χ0n) is 16.0. The summed E-state index contributed by atoms with van der Waals surface area (Å²) in [6.45, 7) is 0. The summed E-state index contributed by atoms with van der Waals surface area (Å²) in [7, 11) is 1.45. The van der Waals surface area contributed by atoms with Crippen LogP contribution in [0.25, 0.3) is 0 Å². The van der Waals surface area contributed by atoms with Crippen molar-refractivity contribution in [3.8, 4) is 17.7 Å². The highest BCUT2D eigenvalue weighted by molar-refractivity contribution is 8.13. The van der Waals surface area contributed by atoms with Crippen molar-refractivity contribution in [1.82, 2.24) is 19.5 Å². The molecule has 0 bridgehead atoms. The number of carbonyl (C=O) groups excluding carboxylic acids is 1. The zero-order valence-corrected chi connectivity index (χ0v) is 16.8. The largest absolute Gasteiger partial charge is 0.480 e. The van der Waals surface area contributed by atoms with Gasteiger partial charge in [-0.25, -0.2) is 14.6 Å². The molecule has 2 aliphatic rings. The molecule has 1 aromatic carbocycles. The van der Waals surface area contributed by atoms with Crippen LogP contribution in [0.4, 0.5) is 5.69 Å². The van der Waals surface area contributed by atoms with Gasteiger partial charge < -0.3 is 10.1 Å². The second kappa shape index (κ2) is 8.47. The normalized spacial score (nSPS) is 13.5. The van der Waals surface area contributed by atoms with Gasteiger partial charge in [-0.3, -0.25) is 4.79 Å². The average molecular weight is 417 g/mol. The Labute approximate surface area is 176 Å². The fourth-order valence-electron chi connectivity index (χ4n) is 2.61. The van der Waals surface area contributed by atoms with Gasteiger partial charge in [0.05, 0.1) is 18.3 Å². The third-order valence-electron chi connectivity index (χ3n) is 4.04. The van der Waals surface area contributed by atoms with Gasteiger partial charge in [-0.1, -0.05) is 28.5 Å². The molecule has 0 fully saturated rings. The number of fused-ring (bicyclic) bond motifs is 1. The smallest absolute Gasteiger partial charge is 0.469 e. The highest BCUT2D eigenvalue weighted by Gasteiger charge is 2.35. The van der Waals surface area contributed by atoms with Crippen molar-refractivity contribution in [3.05, 3.63) is 59.8 Å². The molecule has 9 nitrogen and oxygen atoms in total. The Morgan fingerprint density at radius 2 is 2.23 bits per heavy atom. The van der Waals surface area contributed by atoms with Crippen LogP contribution in [0.15, 0.2) is 53.8 Å². The van der Waals surface area contributed by atoms with Gasteiger partial charge in [0, 0.05) is 23.4 Å².